The van der Waals surface area contributed by atoms with E-state index in [4.69, 9.17) is 11.6 Å². The summed E-state index contributed by atoms with van der Waals surface area (Å²) < 4.78 is 0. The molecule has 138 valence electrons. The van der Waals surface area contributed by atoms with E-state index in [1.165, 1.54) is 0 Å². The van der Waals surface area contributed by atoms with Gasteiger partial charge in [-0.3, -0.25) is 4.79 Å². The van der Waals surface area contributed by atoms with Crippen molar-refractivity contribution >= 4 is 23.2 Å². The SMILES string of the molecule is O=C(Cc1ccc(NCc2ccc(Cl)cc2)cc1)N1CCN[C@H](CO)C1. The molecule has 0 spiro atoms. The molecule has 1 heterocycles. The topological polar surface area (TPSA) is 64.6 Å². The first-order chi connectivity index (χ1) is 12.6. The van der Waals surface area contributed by atoms with E-state index in [-0.39, 0.29) is 18.6 Å². The van der Waals surface area contributed by atoms with Crippen LogP contribution in [0.25, 0.3) is 0 Å². The molecular formula is C20H24ClN3O2. The van der Waals surface area contributed by atoms with Gasteiger partial charge in [-0.1, -0.05) is 35.9 Å². The summed E-state index contributed by atoms with van der Waals surface area (Å²) >= 11 is 5.89. The number of carbonyl (C=O) groups excluding carboxylic acids is 1. The zero-order valence-electron chi connectivity index (χ0n) is 14.6. The molecule has 0 unspecified atom stereocenters. The normalized spacial score (nSPS) is 17.2. The first-order valence-electron chi connectivity index (χ1n) is 8.83. The average molecular weight is 374 g/mol. The predicted molar refractivity (Wildman–Crippen MR) is 104 cm³/mol. The standard InChI is InChI=1S/C20H24ClN3O2/c21-17-5-1-16(2-6-17)12-23-18-7-3-15(4-8-18)11-20(26)24-10-9-22-19(13-24)14-25/h1-8,19,22-23,25H,9-14H2/t19-/m0/s1. The minimum atomic E-state index is -0.0212. The number of rotatable bonds is 6. The summed E-state index contributed by atoms with van der Waals surface area (Å²) in [6.45, 7) is 2.76. The minimum absolute atomic E-state index is 0.0212. The molecule has 3 rings (SSSR count). The van der Waals surface area contributed by atoms with Crippen LogP contribution in [-0.2, 0) is 17.8 Å². The maximum absolute atomic E-state index is 12.4. The van der Waals surface area contributed by atoms with Crippen molar-refractivity contribution in [3.8, 4) is 0 Å². The van der Waals surface area contributed by atoms with Crippen LogP contribution in [0.3, 0.4) is 0 Å². The molecule has 1 amide bonds. The van der Waals surface area contributed by atoms with Crippen LogP contribution in [0.4, 0.5) is 5.69 Å². The Balaban J connectivity index is 1.50. The van der Waals surface area contributed by atoms with E-state index in [1.807, 2.05) is 53.4 Å². The molecule has 2 aromatic rings. The Morgan fingerprint density at radius 1 is 1.15 bits per heavy atom. The molecule has 0 bridgehead atoms. The van der Waals surface area contributed by atoms with Gasteiger partial charge >= 0.3 is 0 Å². The van der Waals surface area contributed by atoms with Crippen LogP contribution >= 0.6 is 11.6 Å². The Bertz CT molecular complexity index is 719. The van der Waals surface area contributed by atoms with Crippen LogP contribution in [0.5, 0.6) is 0 Å². The minimum Gasteiger partial charge on any atom is -0.395 e. The third kappa shape index (κ3) is 5.21. The largest absolute Gasteiger partial charge is 0.395 e. The molecule has 26 heavy (non-hydrogen) atoms. The zero-order valence-corrected chi connectivity index (χ0v) is 15.4. The molecule has 1 aliphatic heterocycles. The van der Waals surface area contributed by atoms with Gasteiger partial charge in [0.25, 0.3) is 0 Å². The number of piperazine rings is 1. The lowest BCUT2D eigenvalue weighted by Gasteiger charge is -2.32. The second-order valence-corrected chi connectivity index (χ2v) is 6.96. The summed E-state index contributed by atoms with van der Waals surface area (Å²) in [6, 6.07) is 15.7. The summed E-state index contributed by atoms with van der Waals surface area (Å²) in [5.41, 5.74) is 3.16. The van der Waals surface area contributed by atoms with Gasteiger partial charge in [-0.25, -0.2) is 0 Å². The number of carbonyl (C=O) groups is 1. The lowest BCUT2D eigenvalue weighted by atomic mass is 10.1. The summed E-state index contributed by atoms with van der Waals surface area (Å²) in [7, 11) is 0. The van der Waals surface area contributed by atoms with Gasteiger partial charge < -0.3 is 20.6 Å². The smallest absolute Gasteiger partial charge is 0.227 e. The van der Waals surface area contributed by atoms with Crippen LogP contribution in [-0.4, -0.2) is 48.2 Å². The summed E-state index contributed by atoms with van der Waals surface area (Å²) in [5, 5.41) is 16.5. The Morgan fingerprint density at radius 3 is 2.54 bits per heavy atom. The highest BCUT2D eigenvalue weighted by atomic mass is 35.5. The maximum Gasteiger partial charge on any atom is 0.227 e. The molecule has 1 saturated heterocycles. The Labute approximate surface area is 159 Å². The van der Waals surface area contributed by atoms with E-state index >= 15 is 0 Å². The van der Waals surface area contributed by atoms with Crippen molar-refractivity contribution in [1.29, 1.82) is 0 Å². The summed E-state index contributed by atoms with van der Waals surface area (Å²) in [5.74, 6) is 0.104. The van der Waals surface area contributed by atoms with Gasteiger partial charge in [0.1, 0.15) is 0 Å². The van der Waals surface area contributed by atoms with Crippen LogP contribution < -0.4 is 10.6 Å². The average Bonchev–Trinajstić information content (AvgIpc) is 2.68. The van der Waals surface area contributed by atoms with Crippen molar-refractivity contribution in [3.05, 3.63) is 64.7 Å². The quantitative estimate of drug-likeness (QED) is 0.727. The fraction of sp³-hybridized carbons (Fsp3) is 0.350. The van der Waals surface area contributed by atoms with Crippen molar-refractivity contribution in [2.75, 3.05) is 31.6 Å². The first kappa shape index (κ1) is 18.7. The third-order valence-electron chi connectivity index (χ3n) is 4.55. The van der Waals surface area contributed by atoms with Crippen molar-refractivity contribution < 1.29 is 9.90 Å². The molecule has 0 saturated carbocycles. The molecule has 0 aliphatic carbocycles. The van der Waals surface area contributed by atoms with Gasteiger partial charge in [-0.05, 0) is 35.4 Å². The highest BCUT2D eigenvalue weighted by Crippen LogP contribution is 2.14. The first-order valence-corrected chi connectivity index (χ1v) is 9.21. The number of anilines is 1. The van der Waals surface area contributed by atoms with Gasteiger partial charge in [-0.2, -0.15) is 0 Å². The monoisotopic (exact) mass is 373 g/mol. The number of hydrogen-bond acceptors (Lipinski definition) is 4. The van der Waals surface area contributed by atoms with Gasteiger partial charge in [0, 0.05) is 42.9 Å². The number of hydrogen-bond donors (Lipinski definition) is 3. The molecule has 2 aromatic carbocycles. The lowest BCUT2D eigenvalue weighted by molar-refractivity contribution is -0.131. The van der Waals surface area contributed by atoms with Crippen molar-refractivity contribution in [2.24, 2.45) is 0 Å². The maximum atomic E-state index is 12.4. The number of aliphatic hydroxyl groups is 1. The molecular weight excluding hydrogens is 350 g/mol. The number of nitrogens with one attached hydrogen (secondary N) is 2. The highest BCUT2D eigenvalue weighted by molar-refractivity contribution is 6.30. The fourth-order valence-electron chi connectivity index (χ4n) is 3.01. The van der Waals surface area contributed by atoms with Crippen LogP contribution in [0.1, 0.15) is 11.1 Å². The molecule has 3 N–H and O–H groups in total. The van der Waals surface area contributed by atoms with Crippen molar-refractivity contribution in [1.82, 2.24) is 10.2 Å². The summed E-state index contributed by atoms with van der Waals surface area (Å²) in [6.07, 6.45) is 0.385. The van der Waals surface area contributed by atoms with E-state index in [0.29, 0.717) is 19.5 Å². The number of amides is 1. The van der Waals surface area contributed by atoms with Gasteiger partial charge in [-0.15, -0.1) is 0 Å². The van der Waals surface area contributed by atoms with Crippen LogP contribution in [0.2, 0.25) is 5.02 Å². The fourth-order valence-corrected chi connectivity index (χ4v) is 3.13. The number of halogens is 1. The molecule has 1 atom stereocenters. The van der Waals surface area contributed by atoms with Gasteiger partial charge in [0.05, 0.1) is 13.0 Å². The Hall–Kier alpha value is -2.08. The van der Waals surface area contributed by atoms with Gasteiger partial charge in [0.15, 0.2) is 0 Å². The van der Waals surface area contributed by atoms with E-state index in [1.54, 1.807) is 0 Å². The molecule has 0 aromatic heterocycles. The highest BCUT2D eigenvalue weighted by Gasteiger charge is 2.22. The molecule has 6 heteroatoms. The second-order valence-electron chi connectivity index (χ2n) is 6.53. The van der Waals surface area contributed by atoms with Crippen LogP contribution in [0.15, 0.2) is 48.5 Å². The lowest BCUT2D eigenvalue weighted by Crippen LogP contribution is -2.54. The van der Waals surface area contributed by atoms with Gasteiger partial charge in [0.2, 0.25) is 5.91 Å². The van der Waals surface area contributed by atoms with Crippen molar-refractivity contribution in [3.63, 3.8) is 0 Å². The van der Waals surface area contributed by atoms with Crippen molar-refractivity contribution in [2.45, 2.75) is 19.0 Å². The molecule has 1 aliphatic rings. The number of benzene rings is 2. The predicted octanol–water partition coefficient (Wildman–Crippen LogP) is 2.29. The van der Waals surface area contributed by atoms with E-state index in [2.05, 4.69) is 10.6 Å². The third-order valence-corrected chi connectivity index (χ3v) is 4.80. The summed E-state index contributed by atoms with van der Waals surface area (Å²) in [4.78, 5) is 14.3. The number of nitrogens with zero attached hydrogens (tertiary/aromatic N) is 1. The molecule has 5 nitrogen and oxygen atoms in total. The Kier molecular flexibility index (Phi) is 6.50. The number of aliphatic hydroxyl groups excluding tert-OH is 1. The van der Waals surface area contributed by atoms with E-state index in [0.717, 1.165) is 34.9 Å². The van der Waals surface area contributed by atoms with E-state index in [9.17, 15) is 9.90 Å². The van der Waals surface area contributed by atoms with E-state index < -0.39 is 0 Å². The second kappa shape index (κ2) is 9.03. The van der Waals surface area contributed by atoms with Crippen LogP contribution in [0, 0.1) is 0 Å². The molecule has 1 fully saturated rings. The Morgan fingerprint density at radius 2 is 1.85 bits per heavy atom. The zero-order chi connectivity index (χ0) is 18.4. The molecule has 0 radical (unpaired) electrons.